The van der Waals surface area contributed by atoms with E-state index >= 15 is 0 Å². The predicted octanol–water partition coefficient (Wildman–Crippen LogP) is -0.821. The zero-order valence-corrected chi connectivity index (χ0v) is 11.3. The second-order valence-electron chi connectivity index (χ2n) is 4.40. The van der Waals surface area contributed by atoms with Gasteiger partial charge in [-0.3, -0.25) is 0 Å². The highest BCUT2D eigenvalue weighted by Gasteiger charge is 2.30. The molecule has 21 heavy (non-hydrogen) atoms. The van der Waals surface area contributed by atoms with Gasteiger partial charge in [-0.05, 0) is 24.3 Å². The number of aliphatic hydroxyl groups is 3. The molecule has 0 spiro atoms. The largest absolute Gasteiger partial charge is 0.480 e. The molecular formula is C13H19NO7. The quantitative estimate of drug-likeness (QED) is 0.456. The van der Waals surface area contributed by atoms with Gasteiger partial charge in [-0.25, -0.2) is 4.79 Å². The average Bonchev–Trinajstić information content (AvgIpc) is 2.45. The van der Waals surface area contributed by atoms with Crippen molar-refractivity contribution in [2.45, 2.75) is 24.9 Å². The molecule has 2 rings (SSSR count). The Bertz CT molecular complexity index is 437. The van der Waals surface area contributed by atoms with Crippen LogP contribution in [0.25, 0.3) is 0 Å². The molecule has 1 aliphatic rings. The first-order valence-corrected chi connectivity index (χ1v) is 6.25. The zero-order valence-electron chi connectivity index (χ0n) is 11.3. The van der Waals surface area contributed by atoms with Gasteiger partial charge in [-0.15, -0.1) is 0 Å². The first-order valence-electron chi connectivity index (χ1n) is 6.25. The Kier molecular flexibility index (Phi) is 6.89. The van der Waals surface area contributed by atoms with Crippen molar-refractivity contribution in [3.63, 3.8) is 0 Å². The summed E-state index contributed by atoms with van der Waals surface area (Å²) in [6.45, 7) is -0.600. The first-order chi connectivity index (χ1) is 9.92. The number of hydrogen-bond donors (Lipinski definition) is 5. The van der Waals surface area contributed by atoms with Gasteiger partial charge >= 0.3 is 5.97 Å². The van der Waals surface area contributed by atoms with Crippen molar-refractivity contribution in [3.05, 3.63) is 24.3 Å². The van der Waals surface area contributed by atoms with E-state index in [9.17, 15) is 10.2 Å². The van der Waals surface area contributed by atoms with Crippen LogP contribution in [-0.2, 0) is 9.53 Å². The van der Waals surface area contributed by atoms with Crippen LogP contribution in [0, 0.1) is 0 Å². The van der Waals surface area contributed by atoms with Gasteiger partial charge in [0.2, 0.25) is 6.29 Å². The number of aliphatic hydroxyl groups excluding tert-OH is 3. The van der Waals surface area contributed by atoms with E-state index in [0.717, 1.165) is 0 Å². The van der Waals surface area contributed by atoms with E-state index in [-0.39, 0.29) is 13.0 Å². The first kappa shape index (κ1) is 17.2. The van der Waals surface area contributed by atoms with Gasteiger partial charge in [0.05, 0.1) is 12.7 Å². The number of carboxylic acids is 1. The molecule has 0 amide bonds. The molecule has 118 valence electrons. The van der Waals surface area contributed by atoms with Gasteiger partial charge in [0.1, 0.15) is 18.5 Å². The lowest BCUT2D eigenvalue weighted by molar-refractivity contribution is -0.198. The lowest BCUT2D eigenvalue weighted by Crippen LogP contribution is -2.44. The summed E-state index contributed by atoms with van der Waals surface area (Å²) >= 11 is 0. The van der Waals surface area contributed by atoms with Crippen LogP contribution in [0.2, 0.25) is 0 Å². The second kappa shape index (κ2) is 8.42. The number of hydrogen-bond acceptors (Lipinski definition) is 7. The molecule has 1 aromatic carbocycles. The standard InChI is InChI=1S/C11H15NO4.C2H4O3/c12-7-1-3-9(4-2-7)16-11-10(14)5-8(13)6-15-11;3-1-2(4)5/h1-4,8,10-11,13-14H,5-6,12H2;3H,1H2,(H,4,5)/t8-,10-,11+;/m0./s1. The van der Waals surface area contributed by atoms with Crippen LogP contribution >= 0.6 is 0 Å². The van der Waals surface area contributed by atoms with Gasteiger partial charge in [-0.1, -0.05) is 0 Å². The molecule has 1 fully saturated rings. The highest BCUT2D eigenvalue weighted by Crippen LogP contribution is 2.20. The molecule has 0 aliphatic carbocycles. The number of carbonyl (C=O) groups is 1. The van der Waals surface area contributed by atoms with Crippen molar-refractivity contribution in [2.24, 2.45) is 0 Å². The maximum atomic E-state index is 9.62. The van der Waals surface area contributed by atoms with Crippen LogP contribution in [0.3, 0.4) is 0 Å². The summed E-state index contributed by atoms with van der Waals surface area (Å²) in [7, 11) is 0. The smallest absolute Gasteiger partial charge is 0.329 e. The zero-order chi connectivity index (χ0) is 15.8. The van der Waals surface area contributed by atoms with Crippen molar-refractivity contribution >= 4 is 11.7 Å². The Morgan fingerprint density at radius 3 is 2.38 bits per heavy atom. The Balaban J connectivity index is 0.000000383. The molecule has 1 heterocycles. The van der Waals surface area contributed by atoms with Gasteiger partial charge in [-0.2, -0.15) is 0 Å². The molecule has 0 bridgehead atoms. The van der Waals surface area contributed by atoms with Crippen LogP contribution < -0.4 is 10.5 Å². The topological polar surface area (TPSA) is 142 Å². The van der Waals surface area contributed by atoms with Crippen LogP contribution in [0.5, 0.6) is 5.75 Å². The minimum atomic E-state index is -1.19. The predicted molar refractivity (Wildman–Crippen MR) is 72.6 cm³/mol. The lowest BCUT2D eigenvalue weighted by atomic mass is 10.1. The number of carboxylic acid groups (broad SMARTS) is 1. The van der Waals surface area contributed by atoms with Crippen molar-refractivity contribution in [2.75, 3.05) is 18.9 Å². The summed E-state index contributed by atoms with van der Waals surface area (Å²) in [5.41, 5.74) is 6.18. The van der Waals surface area contributed by atoms with E-state index in [1.807, 2.05) is 0 Å². The third-order valence-corrected chi connectivity index (χ3v) is 2.55. The molecule has 1 saturated heterocycles. The molecule has 0 radical (unpaired) electrons. The molecule has 8 nitrogen and oxygen atoms in total. The SMILES string of the molecule is Nc1ccc(O[C@H]2OC[C@@H](O)C[C@@H]2O)cc1.O=C(O)CO. The van der Waals surface area contributed by atoms with Gasteiger partial charge < -0.3 is 35.6 Å². The van der Waals surface area contributed by atoms with Crippen LogP contribution in [-0.4, -0.2) is 58.1 Å². The Hall–Kier alpha value is -1.87. The van der Waals surface area contributed by atoms with Crippen molar-refractivity contribution in [1.29, 1.82) is 0 Å². The Morgan fingerprint density at radius 2 is 1.90 bits per heavy atom. The van der Waals surface area contributed by atoms with Crippen LogP contribution in [0.1, 0.15) is 6.42 Å². The molecule has 0 unspecified atom stereocenters. The highest BCUT2D eigenvalue weighted by molar-refractivity contribution is 5.67. The van der Waals surface area contributed by atoms with E-state index in [4.69, 9.17) is 30.2 Å². The van der Waals surface area contributed by atoms with Gasteiger partial charge in [0.25, 0.3) is 0 Å². The van der Waals surface area contributed by atoms with Crippen molar-refractivity contribution in [3.8, 4) is 5.75 Å². The number of ether oxygens (including phenoxy) is 2. The van der Waals surface area contributed by atoms with E-state index in [0.29, 0.717) is 11.4 Å². The molecule has 1 aliphatic heterocycles. The van der Waals surface area contributed by atoms with Gasteiger partial charge in [0.15, 0.2) is 0 Å². The van der Waals surface area contributed by atoms with E-state index in [2.05, 4.69) is 0 Å². The summed E-state index contributed by atoms with van der Waals surface area (Å²) in [5, 5.41) is 33.9. The van der Waals surface area contributed by atoms with Crippen LogP contribution in [0.15, 0.2) is 24.3 Å². The molecule has 0 aromatic heterocycles. The summed E-state index contributed by atoms with van der Waals surface area (Å²) in [5.74, 6) is -0.611. The van der Waals surface area contributed by atoms with Crippen molar-refractivity contribution in [1.82, 2.24) is 0 Å². The molecule has 3 atom stereocenters. The summed E-state index contributed by atoms with van der Waals surface area (Å²) < 4.78 is 10.6. The minimum absolute atomic E-state index is 0.177. The Morgan fingerprint density at radius 1 is 1.33 bits per heavy atom. The van der Waals surface area contributed by atoms with E-state index in [1.54, 1.807) is 24.3 Å². The molecule has 8 heteroatoms. The lowest BCUT2D eigenvalue weighted by Gasteiger charge is -2.30. The third-order valence-electron chi connectivity index (χ3n) is 2.55. The number of anilines is 1. The Labute approximate surface area is 121 Å². The summed E-state index contributed by atoms with van der Waals surface area (Å²) in [6.07, 6.45) is -1.91. The van der Waals surface area contributed by atoms with Crippen molar-refractivity contribution < 1.29 is 34.7 Å². The number of nitrogens with two attached hydrogens (primary N) is 1. The molecular weight excluding hydrogens is 282 g/mol. The van der Waals surface area contributed by atoms with Crippen LogP contribution in [0.4, 0.5) is 5.69 Å². The normalized spacial score (nSPS) is 24.6. The maximum absolute atomic E-state index is 9.62. The molecule has 6 N–H and O–H groups in total. The summed E-state index contributed by atoms with van der Waals surface area (Å²) in [4.78, 5) is 9.12. The number of nitrogen functional groups attached to an aromatic ring is 1. The minimum Gasteiger partial charge on any atom is -0.480 e. The van der Waals surface area contributed by atoms with Gasteiger partial charge in [0, 0.05) is 12.1 Å². The number of benzene rings is 1. The maximum Gasteiger partial charge on any atom is 0.329 e. The number of aliphatic carboxylic acids is 1. The highest BCUT2D eigenvalue weighted by atomic mass is 16.7. The molecule has 0 saturated carbocycles. The second-order valence-corrected chi connectivity index (χ2v) is 4.40. The van der Waals surface area contributed by atoms with E-state index in [1.165, 1.54) is 0 Å². The number of rotatable bonds is 3. The molecule has 1 aromatic rings. The fourth-order valence-electron chi connectivity index (χ4n) is 1.57. The summed E-state index contributed by atoms with van der Waals surface area (Å²) in [6, 6.07) is 6.83. The third kappa shape index (κ3) is 6.41. The van der Waals surface area contributed by atoms with E-state index < -0.39 is 31.1 Å². The monoisotopic (exact) mass is 301 g/mol. The average molecular weight is 301 g/mol. The fraction of sp³-hybridized carbons (Fsp3) is 0.462. The fourth-order valence-corrected chi connectivity index (χ4v) is 1.57.